The van der Waals surface area contributed by atoms with Gasteiger partial charge in [-0.15, -0.1) is 0 Å². The van der Waals surface area contributed by atoms with E-state index >= 15 is 0 Å². The molecule has 0 bridgehead atoms. The van der Waals surface area contributed by atoms with Gasteiger partial charge in [-0.25, -0.2) is 12.8 Å². The summed E-state index contributed by atoms with van der Waals surface area (Å²) in [5, 5.41) is 0. The van der Waals surface area contributed by atoms with Crippen LogP contribution < -0.4 is 0 Å². The van der Waals surface area contributed by atoms with Gasteiger partial charge < -0.3 is 0 Å². The van der Waals surface area contributed by atoms with Crippen LogP contribution >= 0.6 is 0 Å². The number of hydrogen-bond donors (Lipinski definition) is 0. The Labute approximate surface area is 101 Å². The van der Waals surface area contributed by atoms with Crippen LogP contribution in [0.15, 0.2) is 29.2 Å². The van der Waals surface area contributed by atoms with Crippen LogP contribution in [-0.2, 0) is 10.0 Å². The summed E-state index contributed by atoms with van der Waals surface area (Å²) in [6.07, 6.45) is 1.96. The number of nitrogens with zero attached hydrogens (tertiary/aromatic N) is 1. The van der Waals surface area contributed by atoms with Crippen LogP contribution in [0.4, 0.5) is 4.39 Å². The van der Waals surface area contributed by atoms with E-state index < -0.39 is 15.8 Å². The third-order valence-corrected chi connectivity index (χ3v) is 4.95. The Morgan fingerprint density at radius 1 is 1.29 bits per heavy atom. The Kier molecular flexibility index (Phi) is 3.49. The molecule has 1 atom stereocenters. The van der Waals surface area contributed by atoms with E-state index in [4.69, 9.17) is 0 Å². The largest absolute Gasteiger partial charge is 0.243 e. The van der Waals surface area contributed by atoms with Crippen molar-refractivity contribution >= 4 is 10.0 Å². The number of piperidine rings is 1. The molecule has 17 heavy (non-hydrogen) atoms. The van der Waals surface area contributed by atoms with Crippen molar-refractivity contribution in [2.75, 3.05) is 13.1 Å². The summed E-state index contributed by atoms with van der Waals surface area (Å²) in [4.78, 5) is 0.174. The molecular weight excluding hydrogens is 241 g/mol. The van der Waals surface area contributed by atoms with Gasteiger partial charge in [0.25, 0.3) is 0 Å². The van der Waals surface area contributed by atoms with Crippen LogP contribution in [0.1, 0.15) is 19.8 Å². The third-order valence-electron chi connectivity index (χ3n) is 3.07. The summed E-state index contributed by atoms with van der Waals surface area (Å²) in [6.45, 7) is 3.16. The van der Waals surface area contributed by atoms with Gasteiger partial charge in [-0.3, -0.25) is 0 Å². The SMILES string of the molecule is CC1CCCN(S(=O)(=O)c2ccc(F)cc2)C1. The van der Waals surface area contributed by atoms with Crippen LogP contribution in [0.5, 0.6) is 0 Å². The molecule has 1 aromatic rings. The molecule has 0 radical (unpaired) electrons. The lowest BCUT2D eigenvalue weighted by Gasteiger charge is -2.29. The van der Waals surface area contributed by atoms with Crippen LogP contribution in [0, 0.1) is 11.7 Å². The molecule has 0 aliphatic carbocycles. The Balaban J connectivity index is 2.26. The van der Waals surface area contributed by atoms with Gasteiger partial charge in [-0.05, 0) is 43.0 Å². The van der Waals surface area contributed by atoms with E-state index in [1.165, 1.54) is 28.6 Å². The Morgan fingerprint density at radius 3 is 2.53 bits per heavy atom. The Morgan fingerprint density at radius 2 is 1.94 bits per heavy atom. The first kappa shape index (κ1) is 12.5. The van der Waals surface area contributed by atoms with Crippen molar-refractivity contribution in [2.45, 2.75) is 24.7 Å². The van der Waals surface area contributed by atoms with E-state index in [9.17, 15) is 12.8 Å². The standard InChI is InChI=1S/C12H16FNO2S/c1-10-3-2-8-14(9-10)17(15,16)12-6-4-11(13)5-7-12/h4-7,10H,2-3,8-9H2,1H3. The lowest BCUT2D eigenvalue weighted by molar-refractivity contribution is 0.281. The maximum Gasteiger partial charge on any atom is 0.243 e. The van der Waals surface area contributed by atoms with Crippen LogP contribution in [0.2, 0.25) is 0 Å². The summed E-state index contributed by atoms with van der Waals surface area (Å²) in [5.41, 5.74) is 0. The van der Waals surface area contributed by atoms with E-state index in [1.807, 2.05) is 6.92 Å². The van der Waals surface area contributed by atoms with Gasteiger partial charge in [0.15, 0.2) is 0 Å². The molecule has 3 nitrogen and oxygen atoms in total. The molecule has 1 heterocycles. The van der Waals surface area contributed by atoms with Crippen molar-refractivity contribution in [1.29, 1.82) is 0 Å². The van der Waals surface area contributed by atoms with E-state index in [0.29, 0.717) is 19.0 Å². The Hall–Kier alpha value is -0.940. The zero-order valence-corrected chi connectivity index (χ0v) is 10.6. The maximum absolute atomic E-state index is 12.8. The van der Waals surface area contributed by atoms with E-state index in [0.717, 1.165) is 12.8 Å². The van der Waals surface area contributed by atoms with Gasteiger partial charge in [0.1, 0.15) is 5.82 Å². The van der Waals surface area contributed by atoms with E-state index in [-0.39, 0.29) is 4.90 Å². The van der Waals surface area contributed by atoms with Crippen molar-refractivity contribution in [2.24, 2.45) is 5.92 Å². The first-order valence-electron chi connectivity index (χ1n) is 5.76. The first-order valence-corrected chi connectivity index (χ1v) is 7.20. The van der Waals surface area contributed by atoms with Crippen molar-refractivity contribution in [3.63, 3.8) is 0 Å². The fraction of sp³-hybridized carbons (Fsp3) is 0.500. The monoisotopic (exact) mass is 257 g/mol. The molecule has 2 rings (SSSR count). The van der Waals surface area contributed by atoms with Crippen molar-refractivity contribution in [3.8, 4) is 0 Å². The third kappa shape index (κ3) is 2.66. The summed E-state index contributed by atoms with van der Waals surface area (Å²) >= 11 is 0. The highest BCUT2D eigenvalue weighted by Gasteiger charge is 2.28. The Bertz CT molecular complexity index is 484. The molecule has 0 spiro atoms. The van der Waals surface area contributed by atoms with Gasteiger partial charge in [-0.1, -0.05) is 6.92 Å². The molecular formula is C12H16FNO2S. The summed E-state index contributed by atoms with van der Waals surface area (Å²) in [6, 6.07) is 5.01. The van der Waals surface area contributed by atoms with Gasteiger partial charge >= 0.3 is 0 Å². The number of sulfonamides is 1. The fourth-order valence-corrected chi connectivity index (χ4v) is 3.72. The van der Waals surface area contributed by atoms with Gasteiger partial charge in [0, 0.05) is 13.1 Å². The highest BCUT2D eigenvalue weighted by Crippen LogP contribution is 2.23. The predicted octanol–water partition coefficient (Wildman–Crippen LogP) is 2.25. The molecule has 5 heteroatoms. The number of benzene rings is 1. The average molecular weight is 257 g/mol. The summed E-state index contributed by atoms with van der Waals surface area (Å²) < 4.78 is 38.8. The molecule has 1 aliphatic heterocycles. The number of rotatable bonds is 2. The number of halogens is 1. The maximum atomic E-state index is 12.8. The molecule has 0 aromatic heterocycles. The molecule has 1 aliphatic rings. The highest BCUT2D eigenvalue weighted by molar-refractivity contribution is 7.89. The van der Waals surface area contributed by atoms with Gasteiger partial charge in [0.05, 0.1) is 4.90 Å². The summed E-state index contributed by atoms with van der Waals surface area (Å²) in [7, 11) is -3.45. The van der Waals surface area contributed by atoms with Crippen LogP contribution in [0.3, 0.4) is 0 Å². The van der Waals surface area contributed by atoms with Crippen molar-refractivity contribution in [3.05, 3.63) is 30.1 Å². The normalized spacial score (nSPS) is 22.6. The second-order valence-corrected chi connectivity index (χ2v) is 6.50. The smallest absolute Gasteiger partial charge is 0.207 e. The molecule has 1 unspecified atom stereocenters. The lowest BCUT2D eigenvalue weighted by Crippen LogP contribution is -2.39. The fourth-order valence-electron chi connectivity index (χ4n) is 2.12. The molecule has 0 amide bonds. The average Bonchev–Trinajstić information content (AvgIpc) is 2.29. The zero-order chi connectivity index (χ0) is 12.5. The minimum atomic E-state index is -3.45. The van der Waals surface area contributed by atoms with Gasteiger partial charge in [0.2, 0.25) is 10.0 Å². The zero-order valence-electron chi connectivity index (χ0n) is 9.77. The molecule has 1 fully saturated rings. The molecule has 1 aromatic carbocycles. The highest BCUT2D eigenvalue weighted by atomic mass is 32.2. The topological polar surface area (TPSA) is 37.4 Å². The van der Waals surface area contributed by atoms with Crippen molar-refractivity contribution in [1.82, 2.24) is 4.31 Å². The van der Waals surface area contributed by atoms with E-state index in [1.54, 1.807) is 0 Å². The van der Waals surface area contributed by atoms with Crippen molar-refractivity contribution < 1.29 is 12.8 Å². The minimum absolute atomic E-state index is 0.174. The first-order chi connectivity index (χ1) is 8.00. The molecule has 0 saturated carbocycles. The summed E-state index contributed by atoms with van der Waals surface area (Å²) in [5.74, 6) is -0.0325. The quantitative estimate of drug-likeness (QED) is 0.815. The molecule has 1 saturated heterocycles. The minimum Gasteiger partial charge on any atom is -0.207 e. The van der Waals surface area contributed by atoms with Crippen LogP contribution in [-0.4, -0.2) is 25.8 Å². The second kappa shape index (κ2) is 4.74. The van der Waals surface area contributed by atoms with Crippen LogP contribution in [0.25, 0.3) is 0 Å². The van der Waals surface area contributed by atoms with E-state index in [2.05, 4.69) is 0 Å². The second-order valence-electron chi connectivity index (χ2n) is 4.56. The molecule has 0 N–H and O–H groups in total. The molecule has 94 valence electrons. The predicted molar refractivity (Wildman–Crippen MR) is 63.6 cm³/mol. The lowest BCUT2D eigenvalue weighted by atomic mass is 10.0. The van der Waals surface area contributed by atoms with Gasteiger partial charge in [-0.2, -0.15) is 4.31 Å². The number of hydrogen-bond acceptors (Lipinski definition) is 2.